The molecule has 0 amide bonds. The Bertz CT molecular complexity index is 392. The average Bonchev–Trinajstić information content (AvgIpc) is 2.32. The van der Waals surface area contributed by atoms with E-state index < -0.39 is 0 Å². The molecule has 0 saturated carbocycles. The number of nitrogens with zero attached hydrogens (tertiary/aromatic N) is 1. The molecule has 0 N–H and O–H groups in total. The Labute approximate surface area is 95.9 Å². The van der Waals surface area contributed by atoms with Gasteiger partial charge in [-0.15, -0.1) is 6.58 Å². The molecule has 1 aromatic carbocycles. The molecule has 2 heteroatoms. The van der Waals surface area contributed by atoms with Crippen LogP contribution in [0.5, 0.6) is 0 Å². The molecule has 0 spiro atoms. The van der Waals surface area contributed by atoms with Gasteiger partial charge in [0.25, 0.3) is 0 Å². The molecule has 0 aliphatic carbocycles. The van der Waals surface area contributed by atoms with E-state index >= 15 is 0 Å². The summed E-state index contributed by atoms with van der Waals surface area (Å²) in [5.74, 6) is -0.173. The SMILES string of the molecule is C=CCN1CC=C(c2ccc(F)cc2)CC1. The van der Waals surface area contributed by atoms with Crippen molar-refractivity contribution in [2.45, 2.75) is 6.42 Å². The van der Waals surface area contributed by atoms with Crippen molar-refractivity contribution in [1.82, 2.24) is 4.90 Å². The van der Waals surface area contributed by atoms with Gasteiger partial charge >= 0.3 is 0 Å². The van der Waals surface area contributed by atoms with E-state index in [4.69, 9.17) is 0 Å². The highest BCUT2D eigenvalue weighted by molar-refractivity contribution is 5.66. The van der Waals surface area contributed by atoms with Crippen LogP contribution in [-0.4, -0.2) is 24.5 Å². The average molecular weight is 217 g/mol. The highest BCUT2D eigenvalue weighted by Gasteiger charge is 2.11. The van der Waals surface area contributed by atoms with Gasteiger partial charge in [0.15, 0.2) is 0 Å². The van der Waals surface area contributed by atoms with Crippen molar-refractivity contribution >= 4 is 5.57 Å². The summed E-state index contributed by atoms with van der Waals surface area (Å²) >= 11 is 0. The van der Waals surface area contributed by atoms with E-state index in [9.17, 15) is 4.39 Å². The summed E-state index contributed by atoms with van der Waals surface area (Å²) in [6, 6.07) is 6.74. The third-order valence-electron chi connectivity index (χ3n) is 2.90. The molecule has 16 heavy (non-hydrogen) atoms. The van der Waals surface area contributed by atoms with Crippen LogP contribution in [0.2, 0.25) is 0 Å². The predicted octanol–water partition coefficient (Wildman–Crippen LogP) is 3.10. The molecule has 0 radical (unpaired) electrons. The third-order valence-corrected chi connectivity index (χ3v) is 2.90. The molecule has 84 valence electrons. The second-order valence-corrected chi connectivity index (χ2v) is 4.03. The topological polar surface area (TPSA) is 3.24 Å². The monoisotopic (exact) mass is 217 g/mol. The van der Waals surface area contributed by atoms with E-state index in [1.807, 2.05) is 18.2 Å². The first-order valence-corrected chi connectivity index (χ1v) is 5.58. The zero-order valence-corrected chi connectivity index (χ0v) is 9.32. The van der Waals surface area contributed by atoms with Crippen LogP contribution in [0.1, 0.15) is 12.0 Å². The van der Waals surface area contributed by atoms with Crippen molar-refractivity contribution in [3.8, 4) is 0 Å². The lowest BCUT2D eigenvalue weighted by Gasteiger charge is -2.25. The van der Waals surface area contributed by atoms with Crippen molar-refractivity contribution in [2.75, 3.05) is 19.6 Å². The Morgan fingerprint density at radius 3 is 2.62 bits per heavy atom. The van der Waals surface area contributed by atoms with E-state index in [2.05, 4.69) is 17.6 Å². The van der Waals surface area contributed by atoms with Crippen molar-refractivity contribution < 1.29 is 4.39 Å². The fraction of sp³-hybridized carbons (Fsp3) is 0.286. The lowest BCUT2D eigenvalue weighted by molar-refractivity contribution is 0.335. The van der Waals surface area contributed by atoms with Crippen molar-refractivity contribution in [2.24, 2.45) is 0 Å². The standard InChI is InChI=1S/C14H16FN/c1-2-9-16-10-7-13(8-11-16)12-3-5-14(15)6-4-12/h2-7H,1,8-11H2. The van der Waals surface area contributed by atoms with Gasteiger partial charge in [-0.1, -0.05) is 24.3 Å². The summed E-state index contributed by atoms with van der Waals surface area (Å²) in [6.07, 6.45) is 5.18. The smallest absolute Gasteiger partial charge is 0.123 e. The van der Waals surface area contributed by atoms with Gasteiger partial charge in [-0.3, -0.25) is 4.90 Å². The molecular weight excluding hydrogens is 201 g/mol. The summed E-state index contributed by atoms with van der Waals surface area (Å²) < 4.78 is 12.8. The lowest BCUT2D eigenvalue weighted by Crippen LogP contribution is -2.28. The van der Waals surface area contributed by atoms with Gasteiger partial charge in [0.1, 0.15) is 5.82 Å². The lowest BCUT2D eigenvalue weighted by atomic mass is 9.99. The molecule has 0 aromatic heterocycles. The van der Waals surface area contributed by atoms with E-state index in [0.29, 0.717) is 0 Å². The zero-order chi connectivity index (χ0) is 11.4. The van der Waals surface area contributed by atoms with E-state index in [0.717, 1.165) is 31.6 Å². The Hall–Kier alpha value is -1.41. The van der Waals surface area contributed by atoms with Gasteiger partial charge in [0.05, 0.1) is 0 Å². The van der Waals surface area contributed by atoms with Crippen molar-refractivity contribution in [1.29, 1.82) is 0 Å². The molecule has 0 fully saturated rings. The van der Waals surface area contributed by atoms with Crippen LogP contribution in [0, 0.1) is 5.82 Å². The molecular formula is C14H16FN. The third kappa shape index (κ3) is 2.58. The van der Waals surface area contributed by atoms with Gasteiger partial charge in [0.2, 0.25) is 0 Å². The molecule has 0 unspecified atom stereocenters. The molecule has 0 bridgehead atoms. The largest absolute Gasteiger partial charge is 0.296 e. The molecule has 1 aliphatic heterocycles. The summed E-state index contributed by atoms with van der Waals surface area (Å²) in [7, 11) is 0. The van der Waals surface area contributed by atoms with E-state index in [-0.39, 0.29) is 5.82 Å². The summed E-state index contributed by atoms with van der Waals surface area (Å²) in [5, 5.41) is 0. The van der Waals surface area contributed by atoms with Crippen LogP contribution in [-0.2, 0) is 0 Å². The quantitative estimate of drug-likeness (QED) is 0.703. The zero-order valence-electron chi connectivity index (χ0n) is 9.32. The number of halogens is 1. The fourth-order valence-electron chi connectivity index (χ4n) is 1.99. The highest BCUT2D eigenvalue weighted by Crippen LogP contribution is 2.22. The van der Waals surface area contributed by atoms with Gasteiger partial charge in [-0.2, -0.15) is 0 Å². The minimum Gasteiger partial charge on any atom is -0.296 e. The van der Waals surface area contributed by atoms with Crippen molar-refractivity contribution in [3.05, 3.63) is 54.4 Å². The van der Waals surface area contributed by atoms with Gasteiger partial charge in [-0.25, -0.2) is 4.39 Å². The first kappa shape index (κ1) is 11.1. The van der Waals surface area contributed by atoms with Crippen LogP contribution in [0.15, 0.2) is 43.0 Å². The molecule has 1 nitrogen and oxygen atoms in total. The van der Waals surface area contributed by atoms with Gasteiger partial charge in [0, 0.05) is 19.6 Å². The van der Waals surface area contributed by atoms with Crippen LogP contribution in [0.3, 0.4) is 0 Å². The van der Waals surface area contributed by atoms with Crippen LogP contribution in [0.4, 0.5) is 4.39 Å². The second-order valence-electron chi connectivity index (χ2n) is 4.03. The maximum absolute atomic E-state index is 12.8. The number of hydrogen-bond acceptors (Lipinski definition) is 1. The van der Waals surface area contributed by atoms with Crippen LogP contribution < -0.4 is 0 Å². The van der Waals surface area contributed by atoms with E-state index in [1.165, 1.54) is 17.7 Å². The van der Waals surface area contributed by atoms with Gasteiger partial charge < -0.3 is 0 Å². The summed E-state index contributed by atoms with van der Waals surface area (Å²) in [5.41, 5.74) is 2.46. The van der Waals surface area contributed by atoms with Crippen LogP contribution >= 0.6 is 0 Å². The second kappa shape index (κ2) is 5.08. The molecule has 0 atom stereocenters. The Balaban J connectivity index is 2.07. The first-order valence-electron chi connectivity index (χ1n) is 5.58. The summed E-state index contributed by atoms with van der Waals surface area (Å²) in [4.78, 5) is 2.33. The Kier molecular flexibility index (Phi) is 3.52. The van der Waals surface area contributed by atoms with Crippen LogP contribution in [0.25, 0.3) is 5.57 Å². The minimum atomic E-state index is -0.173. The van der Waals surface area contributed by atoms with Crippen molar-refractivity contribution in [3.63, 3.8) is 0 Å². The molecule has 1 aliphatic rings. The maximum Gasteiger partial charge on any atom is 0.123 e. The maximum atomic E-state index is 12.8. The van der Waals surface area contributed by atoms with Gasteiger partial charge in [-0.05, 0) is 29.7 Å². The Morgan fingerprint density at radius 1 is 1.31 bits per heavy atom. The molecule has 1 aromatic rings. The number of hydrogen-bond donors (Lipinski definition) is 0. The molecule has 2 rings (SSSR count). The normalized spacial score (nSPS) is 16.9. The predicted molar refractivity (Wildman–Crippen MR) is 65.6 cm³/mol. The number of rotatable bonds is 3. The Morgan fingerprint density at radius 2 is 2.06 bits per heavy atom. The number of benzene rings is 1. The molecule has 1 heterocycles. The first-order chi connectivity index (χ1) is 7.79. The van der Waals surface area contributed by atoms with E-state index in [1.54, 1.807) is 0 Å². The minimum absolute atomic E-state index is 0.173. The molecule has 0 saturated heterocycles. The summed E-state index contributed by atoms with van der Waals surface area (Å²) in [6.45, 7) is 6.68. The fourth-order valence-corrected chi connectivity index (χ4v) is 1.99. The highest BCUT2D eigenvalue weighted by atomic mass is 19.1.